The van der Waals surface area contributed by atoms with Gasteiger partial charge in [0.1, 0.15) is 0 Å². The van der Waals surface area contributed by atoms with E-state index in [-0.39, 0.29) is 0 Å². The predicted octanol–water partition coefficient (Wildman–Crippen LogP) is 5.67. The molecular weight excluding hydrogens is 180 g/mol. The zero-order valence-corrected chi connectivity index (χ0v) is 12.3. The number of hydrogen-bond acceptors (Lipinski definition) is 0. The summed E-state index contributed by atoms with van der Waals surface area (Å²) in [6.45, 7) is 18.5. The minimum atomic E-state index is 0.460. The second-order valence-electron chi connectivity index (χ2n) is 6.79. The summed E-state index contributed by atoms with van der Waals surface area (Å²) in [4.78, 5) is 0. The smallest absolute Gasteiger partial charge is 0.0200 e. The predicted molar refractivity (Wildman–Crippen MR) is 71.2 cm³/mol. The molecule has 0 saturated heterocycles. The molecule has 1 rings (SSSR count). The van der Waals surface area contributed by atoms with E-state index in [2.05, 4.69) is 41.5 Å². The van der Waals surface area contributed by atoms with Crippen molar-refractivity contribution in [1.82, 2.24) is 0 Å². The highest BCUT2D eigenvalue weighted by atomic mass is 14.6. The van der Waals surface area contributed by atoms with Gasteiger partial charge in [-0.3, -0.25) is 0 Å². The van der Waals surface area contributed by atoms with Crippen molar-refractivity contribution in [3.63, 3.8) is 0 Å². The van der Waals surface area contributed by atoms with E-state index in [1.807, 2.05) is 13.8 Å². The molecule has 92 valence electrons. The average molecular weight is 212 g/mol. The first-order valence-corrected chi connectivity index (χ1v) is 6.71. The molecule has 1 aliphatic rings. The van der Waals surface area contributed by atoms with Crippen molar-refractivity contribution in [3.8, 4) is 0 Å². The molecule has 0 aromatic heterocycles. The van der Waals surface area contributed by atoms with Gasteiger partial charge in [0.25, 0.3) is 0 Å². The summed E-state index contributed by atoms with van der Waals surface area (Å²) in [5, 5.41) is 0. The van der Waals surface area contributed by atoms with Gasteiger partial charge in [-0.15, -0.1) is 0 Å². The maximum absolute atomic E-state index is 2.42. The van der Waals surface area contributed by atoms with Crippen LogP contribution in [-0.4, -0.2) is 0 Å². The van der Waals surface area contributed by atoms with Crippen LogP contribution in [0.5, 0.6) is 0 Å². The molecule has 0 heterocycles. The minimum Gasteiger partial charge on any atom is -0.0683 e. The Morgan fingerprint density at radius 1 is 0.667 bits per heavy atom. The number of rotatable bonds is 0. The molecular formula is C15H32. The van der Waals surface area contributed by atoms with Crippen LogP contribution in [-0.2, 0) is 0 Å². The van der Waals surface area contributed by atoms with Gasteiger partial charge in [-0.25, -0.2) is 0 Å². The second-order valence-corrected chi connectivity index (χ2v) is 6.79. The van der Waals surface area contributed by atoms with Crippen LogP contribution < -0.4 is 0 Å². The maximum Gasteiger partial charge on any atom is -0.0200 e. The lowest BCUT2D eigenvalue weighted by Crippen LogP contribution is -2.44. The van der Waals surface area contributed by atoms with E-state index in [1.165, 1.54) is 25.7 Å². The van der Waals surface area contributed by atoms with Crippen molar-refractivity contribution < 1.29 is 0 Å². The molecule has 0 aromatic carbocycles. The highest BCUT2D eigenvalue weighted by Crippen LogP contribution is 2.60. The molecule has 0 heteroatoms. The Balaban J connectivity index is 0.000000921. The van der Waals surface area contributed by atoms with Gasteiger partial charge in [0.05, 0.1) is 0 Å². The lowest BCUT2D eigenvalue weighted by atomic mass is 9.53. The third kappa shape index (κ3) is 2.77. The van der Waals surface area contributed by atoms with Crippen LogP contribution in [0.2, 0.25) is 0 Å². The first-order valence-electron chi connectivity index (χ1n) is 6.71. The zero-order chi connectivity index (χ0) is 12.3. The molecule has 0 amide bonds. The normalized spacial score (nSPS) is 20.8. The summed E-state index contributed by atoms with van der Waals surface area (Å²) in [5.74, 6) is 0. The molecule has 0 spiro atoms. The van der Waals surface area contributed by atoms with Gasteiger partial charge in [0.15, 0.2) is 0 Å². The first-order chi connectivity index (χ1) is 6.71. The third-order valence-electron chi connectivity index (χ3n) is 4.33. The van der Waals surface area contributed by atoms with Crippen molar-refractivity contribution in [1.29, 1.82) is 0 Å². The Kier molecular flexibility index (Phi) is 4.89. The van der Waals surface area contributed by atoms with E-state index in [0.29, 0.717) is 16.2 Å². The van der Waals surface area contributed by atoms with Gasteiger partial charge >= 0.3 is 0 Å². The van der Waals surface area contributed by atoms with Crippen LogP contribution in [0.25, 0.3) is 0 Å². The Morgan fingerprint density at radius 3 is 1.07 bits per heavy atom. The molecule has 0 N–H and O–H groups in total. The largest absolute Gasteiger partial charge is 0.0683 e. The van der Waals surface area contributed by atoms with E-state index >= 15 is 0 Å². The highest BCUT2D eigenvalue weighted by molar-refractivity contribution is 5.00. The molecule has 0 aromatic rings. The summed E-state index contributed by atoms with van der Waals surface area (Å²) >= 11 is 0. The monoisotopic (exact) mass is 212 g/mol. The average Bonchev–Trinajstić information content (AvgIpc) is 2.53. The van der Waals surface area contributed by atoms with Crippen LogP contribution >= 0.6 is 0 Å². The molecule has 1 aliphatic carbocycles. The molecule has 0 nitrogen and oxygen atoms in total. The SMILES string of the molecule is CC.CC(C)(C)C1(C(C)(C)C)CCCC1. The van der Waals surface area contributed by atoms with Gasteiger partial charge < -0.3 is 0 Å². The Morgan fingerprint density at radius 2 is 0.933 bits per heavy atom. The van der Waals surface area contributed by atoms with Crippen molar-refractivity contribution >= 4 is 0 Å². The fourth-order valence-corrected chi connectivity index (χ4v) is 3.60. The van der Waals surface area contributed by atoms with E-state index in [9.17, 15) is 0 Å². The van der Waals surface area contributed by atoms with Gasteiger partial charge in [-0.2, -0.15) is 0 Å². The van der Waals surface area contributed by atoms with Gasteiger partial charge in [-0.05, 0) is 29.1 Å². The third-order valence-corrected chi connectivity index (χ3v) is 4.33. The molecule has 0 bridgehead atoms. The van der Waals surface area contributed by atoms with E-state index in [4.69, 9.17) is 0 Å². The van der Waals surface area contributed by atoms with Crippen molar-refractivity contribution in [3.05, 3.63) is 0 Å². The summed E-state index contributed by atoms with van der Waals surface area (Å²) in [6.07, 6.45) is 5.74. The lowest BCUT2D eigenvalue weighted by molar-refractivity contribution is -0.0253. The van der Waals surface area contributed by atoms with E-state index < -0.39 is 0 Å². The fourth-order valence-electron chi connectivity index (χ4n) is 3.60. The zero-order valence-electron chi connectivity index (χ0n) is 12.3. The maximum atomic E-state index is 2.42. The topological polar surface area (TPSA) is 0 Å². The van der Waals surface area contributed by atoms with Crippen LogP contribution in [0, 0.1) is 16.2 Å². The molecule has 0 atom stereocenters. The highest BCUT2D eigenvalue weighted by Gasteiger charge is 2.51. The summed E-state index contributed by atoms with van der Waals surface area (Å²) < 4.78 is 0. The van der Waals surface area contributed by atoms with Crippen LogP contribution in [0.3, 0.4) is 0 Å². The van der Waals surface area contributed by atoms with Crippen LogP contribution in [0.1, 0.15) is 81.1 Å². The summed E-state index contributed by atoms with van der Waals surface area (Å²) in [5.41, 5.74) is 1.49. The number of hydrogen-bond donors (Lipinski definition) is 0. The quantitative estimate of drug-likeness (QED) is 0.485. The van der Waals surface area contributed by atoms with Crippen molar-refractivity contribution in [2.45, 2.75) is 81.1 Å². The minimum absolute atomic E-state index is 0.460. The van der Waals surface area contributed by atoms with Crippen LogP contribution in [0.4, 0.5) is 0 Å². The van der Waals surface area contributed by atoms with Gasteiger partial charge in [0.2, 0.25) is 0 Å². The van der Waals surface area contributed by atoms with E-state index in [0.717, 1.165) is 0 Å². The second kappa shape index (κ2) is 4.89. The van der Waals surface area contributed by atoms with Crippen molar-refractivity contribution in [2.75, 3.05) is 0 Å². The molecule has 1 saturated carbocycles. The summed E-state index contributed by atoms with van der Waals surface area (Å²) in [7, 11) is 0. The Labute approximate surface area is 97.8 Å². The summed E-state index contributed by atoms with van der Waals surface area (Å²) in [6, 6.07) is 0. The molecule has 1 fully saturated rings. The molecule has 0 aliphatic heterocycles. The Hall–Kier alpha value is 0. The molecule has 0 radical (unpaired) electrons. The van der Waals surface area contributed by atoms with Crippen molar-refractivity contribution in [2.24, 2.45) is 16.2 Å². The fraction of sp³-hybridized carbons (Fsp3) is 1.00. The van der Waals surface area contributed by atoms with Gasteiger partial charge in [-0.1, -0.05) is 68.2 Å². The van der Waals surface area contributed by atoms with E-state index in [1.54, 1.807) is 0 Å². The molecule has 0 unspecified atom stereocenters. The first kappa shape index (κ1) is 15.0. The molecule has 15 heavy (non-hydrogen) atoms. The van der Waals surface area contributed by atoms with Gasteiger partial charge in [0, 0.05) is 0 Å². The lowest BCUT2D eigenvalue weighted by Gasteiger charge is -2.52. The van der Waals surface area contributed by atoms with Crippen LogP contribution in [0.15, 0.2) is 0 Å². The standard InChI is InChI=1S/C13H26.C2H6/c1-11(2,3)13(12(4,5)6)9-7-8-10-13;1-2/h7-10H2,1-6H3;1-2H3. The Bertz CT molecular complexity index is 153.